The minimum atomic E-state index is 1.03. The molecule has 0 radical (unpaired) electrons. The van der Waals surface area contributed by atoms with Crippen LogP contribution in [-0.4, -0.2) is 31.1 Å². The van der Waals surface area contributed by atoms with Crippen LogP contribution in [0.5, 0.6) is 0 Å². The summed E-state index contributed by atoms with van der Waals surface area (Å²) in [5, 5.41) is 0. The summed E-state index contributed by atoms with van der Waals surface area (Å²) in [5.74, 6) is 0. The summed E-state index contributed by atoms with van der Waals surface area (Å²) in [4.78, 5) is 5.08. The van der Waals surface area contributed by atoms with Crippen molar-refractivity contribution in [3.63, 3.8) is 0 Å². The van der Waals surface area contributed by atoms with Crippen molar-refractivity contribution in [3.8, 4) is 11.1 Å². The van der Waals surface area contributed by atoms with Crippen LogP contribution >= 0.6 is 0 Å². The molecule has 132 valence electrons. The maximum Gasteiger partial charge on any atom is 0.0367 e. The number of anilines is 1. The van der Waals surface area contributed by atoms with Crippen LogP contribution in [0.15, 0.2) is 78.9 Å². The summed E-state index contributed by atoms with van der Waals surface area (Å²) < 4.78 is 0. The molecular weight excluding hydrogens is 316 g/mol. The first-order valence-electron chi connectivity index (χ1n) is 9.47. The monoisotopic (exact) mass is 342 g/mol. The Hall–Kier alpha value is -2.58. The number of nitrogens with zero attached hydrogens (tertiary/aromatic N) is 2. The zero-order valence-corrected chi connectivity index (χ0v) is 15.4. The van der Waals surface area contributed by atoms with Crippen molar-refractivity contribution >= 4 is 5.69 Å². The topological polar surface area (TPSA) is 6.48 Å². The summed E-state index contributed by atoms with van der Waals surface area (Å²) >= 11 is 0. The lowest BCUT2D eigenvalue weighted by atomic mass is 9.95. The zero-order valence-electron chi connectivity index (χ0n) is 15.4. The maximum absolute atomic E-state index is 2.59. The Balaban J connectivity index is 1.49. The normalized spacial score (nSPS) is 15.2. The van der Waals surface area contributed by atoms with E-state index < -0.39 is 0 Å². The molecule has 0 saturated carbocycles. The first-order valence-corrected chi connectivity index (χ1v) is 9.47. The van der Waals surface area contributed by atoms with E-state index in [9.17, 15) is 0 Å². The predicted molar refractivity (Wildman–Crippen MR) is 111 cm³/mol. The molecule has 4 rings (SSSR count). The minimum absolute atomic E-state index is 1.03. The van der Waals surface area contributed by atoms with Gasteiger partial charge in [-0.1, -0.05) is 66.7 Å². The summed E-state index contributed by atoms with van der Waals surface area (Å²) in [6, 6.07) is 28.2. The molecule has 0 amide bonds. The Bertz CT molecular complexity index is 835. The van der Waals surface area contributed by atoms with E-state index in [2.05, 4.69) is 95.6 Å². The fourth-order valence-electron chi connectivity index (χ4n) is 3.83. The molecule has 1 heterocycles. The van der Waals surface area contributed by atoms with Gasteiger partial charge in [0.15, 0.2) is 0 Å². The average Bonchev–Trinajstić information content (AvgIpc) is 2.71. The number of aryl methyl sites for hydroxylation is 1. The predicted octanol–water partition coefficient (Wildman–Crippen LogP) is 4.98. The van der Waals surface area contributed by atoms with Crippen LogP contribution in [0.2, 0.25) is 0 Å². The van der Waals surface area contributed by atoms with E-state index in [0.717, 1.165) is 32.7 Å². The fourth-order valence-corrected chi connectivity index (χ4v) is 3.83. The van der Waals surface area contributed by atoms with Gasteiger partial charge in [0.25, 0.3) is 0 Å². The van der Waals surface area contributed by atoms with Crippen molar-refractivity contribution in [3.05, 3.63) is 90.0 Å². The first kappa shape index (κ1) is 16.9. The van der Waals surface area contributed by atoms with Gasteiger partial charge in [0.05, 0.1) is 0 Å². The van der Waals surface area contributed by atoms with Crippen LogP contribution in [0.1, 0.15) is 11.1 Å². The Morgan fingerprint density at radius 3 is 2.04 bits per heavy atom. The van der Waals surface area contributed by atoms with Crippen LogP contribution in [0, 0.1) is 6.92 Å². The maximum atomic E-state index is 2.59. The van der Waals surface area contributed by atoms with Gasteiger partial charge in [0, 0.05) is 38.4 Å². The summed E-state index contributed by atoms with van der Waals surface area (Å²) in [6.45, 7) is 7.67. The average molecular weight is 342 g/mol. The molecule has 3 aromatic rings. The van der Waals surface area contributed by atoms with Gasteiger partial charge in [-0.15, -0.1) is 0 Å². The fraction of sp³-hybridized carbons (Fsp3) is 0.250. The van der Waals surface area contributed by atoms with Crippen molar-refractivity contribution in [2.75, 3.05) is 31.1 Å². The SMILES string of the molecule is Cc1cccc(-c2ccccc2)c1CN1CCN(c2ccccc2)CC1. The number of hydrogen-bond donors (Lipinski definition) is 0. The van der Waals surface area contributed by atoms with Crippen molar-refractivity contribution in [2.24, 2.45) is 0 Å². The van der Waals surface area contributed by atoms with E-state index in [1.54, 1.807) is 0 Å². The van der Waals surface area contributed by atoms with Gasteiger partial charge >= 0.3 is 0 Å². The van der Waals surface area contributed by atoms with E-state index in [4.69, 9.17) is 0 Å². The molecule has 1 saturated heterocycles. The number of hydrogen-bond acceptors (Lipinski definition) is 2. The smallest absolute Gasteiger partial charge is 0.0367 e. The Morgan fingerprint density at radius 2 is 1.35 bits per heavy atom. The number of benzene rings is 3. The minimum Gasteiger partial charge on any atom is -0.369 e. The number of rotatable bonds is 4. The van der Waals surface area contributed by atoms with E-state index in [1.807, 2.05) is 0 Å². The van der Waals surface area contributed by atoms with Crippen molar-refractivity contribution in [1.29, 1.82) is 0 Å². The molecule has 0 atom stereocenters. The molecule has 2 nitrogen and oxygen atoms in total. The first-order chi connectivity index (χ1) is 12.8. The molecule has 1 aliphatic heterocycles. The van der Waals surface area contributed by atoms with E-state index in [-0.39, 0.29) is 0 Å². The highest BCUT2D eigenvalue weighted by atomic mass is 15.3. The second kappa shape index (κ2) is 7.76. The van der Waals surface area contributed by atoms with Crippen LogP contribution in [0.4, 0.5) is 5.69 Å². The third-order valence-corrected chi connectivity index (χ3v) is 5.37. The second-order valence-corrected chi connectivity index (χ2v) is 7.07. The van der Waals surface area contributed by atoms with Gasteiger partial charge in [-0.25, -0.2) is 0 Å². The molecule has 0 bridgehead atoms. The Kier molecular flexibility index (Phi) is 5.03. The molecule has 3 aromatic carbocycles. The van der Waals surface area contributed by atoms with Gasteiger partial charge in [0.2, 0.25) is 0 Å². The third kappa shape index (κ3) is 3.66. The van der Waals surface area contributed by atoms with Crippen molar-refractivity contribution in [1.82, 2.24) is 4.90 Å². The van der Waals surface area contributed by atoms with Crippen molar-refractivity contribution in [2.45, 2.75) is 13.5 Å². The van der Waals surface area contributed by atoms with Gasteiger partial charge in [-0.05, 0) is 41.3 Å². The van der Waals surface area contributed by atoms with Gasteiger partial charge in [0.1, 0.15) is 0 Å². The molecule has 0 unspecified atom stereocenters. The quantitative estimate of drug-likeness (QED) is 0.659. The third-order valence-electron chi connectivity index (χ3n) is 5.37. The molecule has 26 heavy (non-hydrogen) atoms. The Labute approximate surface area is 156 Å². The second-order valence-electron chi connectivity index (χ2n) is 7.07. The molecule has 2 heteroatoms. The van der Waals surface area contributed by atoms with Gasteiger partial charge in [-0.2, -0.15) is 0 Å². The van der Waals surface area contributed by atoms with E-state index >= 15 is 0 Å². The molecule has 0 aliphatic carbocycles. The summed E-state index contributed by atoms with van der Waals surface area (Å²) in [5.41, 5.74) is 6.88. The lowest BCUT2D eigenvalue weighted by molar-refractivity contribution is 0.250. The largest absolute Gasteiger partial charge is 0.369 e. The molecule has 0 N–H and O–H groups in total. The Morgan fingerprint density at radius 1 is 0.692 bits per heavy atom. The zero-order chi connectivity index (χ0) is 17.8. The van der Waals surface area contributed by atoms with Crippen LogP contribution < -0.4 is 4.90 Å². The van der Waals surface area contributed by atoms with Gasteiger partial charge < -0.3 is 4.90 Å². The lowest BCUT2D eigenvalue weighted by Gasteiger charge is -2.36. The number of piperazine rings is 1. The van der Waals surface area contributed by atoms with Crippen molar-refractivity contribution < 1.29 is 0 Å². The molecular formula is C24H26N2. The summed E-state index contributed by atoms with van der Waals surface area (Å²) in [7, 11) is 0. The summed E-state index contributed by atoms with van der Waals surface area (Å²) in [6.07, 6.45) is 0. The molecule has 1 aliphatic rings. The molecule has 1 fully saturated rings. The molecule has 0 spiro atoms. The highest BCUT2D eigenvalue weighted by Crippen LogP contribution is 2.28. The van der Waals surface area contributed by atoms with Crippen LogP contribution in [0.25, 0.3) is 11.1 Å². The van der Waals surface area contributed by atoms with E-state index in [0.29, 0.717) is 0 Å². The molecule has 0 aromatic heterocycles. The lowest BCUT2D eigenvalue weighted by Crippen LogP contribution is -2.46. The van der Waals surface area contributed by atoms with E-state index in [1.165, 1.54) is 27.9 Å². The highest BCUT2D eigenvalue weighted by molar-refractivity contribution is 5.68. The van der Waals surface area contributed by atoms with Crippen LogP contribution in [-0.2, 0) is 6.54 Å². The van der Waals surface area contributed by atoms with Crippen LogP contribution in [0.3, 0.4) is 0 Å². The van der Waals surface area contributed by atoms with Gasteiger partial charge in [-0.3, -0.25) is 4.90 Å². The standard InChI is InChI=1S/C24H26N2/c1-20-9-8-14-23(21-10-4-2-5-11-21)24(20)19-25-15-17-26(18-16-25)22-12-6-3-7-13-22/h2-14H,15-19H2,1H3. The number of para-hydroxylation sites is 1. The highest BCUT2D eigenvalue weighted by Gasteiger charge is 2.19.